The first-order chi connectivity index (χ1) is 7.24. The van der Waals surface area contributed by atoms with Gasteiger partial charge in [-0.15, -0.1) is 0 Å². The van der Waals surface area contributed by atoms with E-state index >= 15 is 0 Å². The van der Waals surface area contributed by atoms with Gasteiger partial charge in [0.05, 0.1) is 19.0 Å². The van der Waals surface area contributed by atoms with Gasteiger partial charge in [0, 0.05) is 13.5 Å². The lowest BCUT2D eigenvalue weighted by Gasteiger charge is -2.02. The van der Waals surface area contributed by atoms with E-state index < -0.39 is 0 Å². The van der Waals surface area contributed by atoms with Crippen LogP contribution < -0.4 is 5.73 Å². The molecule has 1 rings (SSSR count). The summed E-state index contributed by atoms with van der Waals surface area (Å²) in [5.41, 5.74) is 6.21. The fraction of sp³-hybridized carbons (Fsp3) is 0.364. The summed E-state index contributed by atoms with van der Waals surface area (Å²) in [6.07, 6.45) is 0.344. The monoisotopic (exact) mass is 210 g/mol. The van der Waals surface area contributed by atoms with E-state index in [9.17, 15) is 4.39 Å². The number of amidine groups is 1. The van der Waals surface area contributed by atoms with E-state index in [1.165, 1.54) is 6.07 Å². The normalized spacial score (nSPS) is 11.7. The van der Waals surface area contributed by atoms with E-state index in [1.807, 2.05) is 0 Å². The second-order valence-electron chi connectivity index (χ2n) is 3.13. The van der Waals surface area contributed by atoms with Crippen molar-refractivity contribution < 1.29 is 9.13 Å². The fourth-order valence-corrected chi connectivity index (χ4v) is 1.17. The predicted octanol–water partition coefficient (Wildman–Crippen LogP) is 1.37. The first kappa shape index (κ1) is 11.7. The third-order valence-corrected chi connectivity index (χ3v) is 1.94. The zero-order valence-electron chi connectivity index (χ0n) is 8.74. The van der Waals surface area contributed by atoms with Crippen molar-refractivity contribution in [1.29, 1.82) is 0 Å². The summed E-state index contributed by atoms with van der Waals surface area (Å²) < 4.78 is 18.0. The first-order valence-corrected chi connectivity index (χ1v) is 4.75. The quantitative estimate of drug-likeness (QED) is 0.453. The first-order valence-electron chi connectivity index (χ1n) is 4.75. The van der Waals surface area contributed by atoms with Gasteiger partial charge in [0.1, 0.15) is 5.82 Å². The number of aliphatic imine (C=N–C) groups is 1. The minimum absolute atomic E-state index is 0.248. The van der Waals surface area contributed by atoms with Gasteiger partial charge in [-0.3, -0.25) is 4.99 Å². The minimum Gasteiger partial charge on any atom is -0.387 e. The van der Waals surface area contributed by atoms with Crippen molar-refractivity contribution >= 4 is 5.84 Å². The molecule has 0 spiro atoms. The Kier molecular flexibility index (Phi) is 4.77. The molecule has 0 heterocycles. The molecule has 0 aliphatic carbocycles. The molecule has 0 saturated heterocycles. The Morgan fingerprint density at radius 1 is 1.47 bits per heavy atom. The molecule has 15 heavy (non-hydrogen) atoms. The van der Waals surface area contributed by atoms with E-state index in [2.05, 4.69) is 4.99 Å². The molecule has 0 unspecified atom stereocenters. The highest BCUT2D eigenvalue weighted by molar-refractivity contribution is 5.82. The third-order valence-electron chi connectivity index (χ3n) is 1.94. The molecule has 0 aliphatic rings. The van der Waals surface area contributed by atoms with Crippen LogP contribution in [0, 0.1) is 5.82 Å². The van der Waals surface area contributed by atoms with Crippen LogP contribution in [-0.4, -0.2) is 26.1 Å². The van der Waals surface area contributed by atoms with Crippen molar-refractivity contribution in [2.45, 2.75) is 6.42 Å². The molecule has 0 amide bonds. The summed E-state index contributed by atoms with van der Waals surface area (Å²) in [4.78, 5) is 4.05. The molecule has 82 valence electrons. The van der Waals surface area contributed by atoms with Gasteiger partial charge in [-0.25, -0.2) is 4.39 Å². The molecular formula is C11H15FN2O. The summed E-state index contributed by atoms with van der Waals surface area (Å²) in [5.74, 6) is 0.180. The van der Waals surface area contributed by atoms with Crippen molar-refractivity contribution in [3.63, 3.8) is 0 Å². The van der Waals surface area contributed by atoms with Crippen LogP contribution in [0.4, 0.5) is 4.39 Å². The molecule has 1 aromatic rings. The molecular weight excluding hydrogens is 195 g/mol. The maximum absolute atomic E-state index is 13.2. The van der Waals surface area contributed by atoms with E-state index in [0.717, 1.165) is 0 Å². The molecule has 3 nitrogen and oxygen atoms in total. The van der Waals surface area contributed by atoms with Crippen molar-refractivity contribution in [2.75, 3.05) is 20.3 Å². The number of hydrogen-bond acceptors (Lipinski definition) is 2. The van der Waals surface area contributed by atoms with Gasteiger partial charge in [0.25, 0.3) is 0 Å². The number of benzene rings is 1. The van der Waals surface area contributed by atoms with Gasteiger partial charge >= 0.3 is 0 Å². The number of ether oxygens (including phenoxy) is 1. The molecule has 0 aromatic heterocycles. The highest BCUT2D eigenvalue weighted by Gasteiger charge is 2.02. The summed E-state index contributed by atoms with van der Waals surface area (Å²) in [7, 11) is 1.60. The summed E-state index contributed by atoms with van der Waals surface area (Å²) in [6.45, 7) is 1.04. The van der Waals surface area contributed by atoms with Crippen LogP contribution in [0.1, 0.15) is 5.56 Å². The molecule has 0 aliphatic heterocycles. The van der Waals surface area contributed by atoms with E-state index in [1.54, 1.807) is 25.3 Å². The van der Waals surface area contributed by atoms with E-state index in [-0.39, 0.29) is 5.82 Å². The lowest BCUT2D eigenvalue weighted by Crippen LogP contribution is -2.17. The maximum atomic E-state index is 13.2. The van der Waals surface area contributed by atoms with Crippen LogP contribution in [0.25, 0.3) is 0 Å². The van der Waals surface area contributed by atoms with Crippen molar-refractivity contribution in [1.82, 2.24) is 0 Å². The van der Waals surface area contributed by atoms with Crippen LogP contribution in [0.15, 0.2) is 29.3 Å². The van der Waals surface area contributed by atoms with Crippen molar-refractivity contribution in [2.24, 2.45) is 10.7 Å². The molecule has 1 aromatic carbocycles. The standard InChI is InChI=1S/C11H15FN2O/c1-15-7-6-14-11(13)8-9-4-2-3-5-10(9)12/h2-5H,6-8H2,1H3,(H2,13,14). The Bertz CT molecular complexity index is 339. The Labute approximate surface area is 88.8 Å². The molecule has 2 N–H and O–H groups in total. The van der Waals surface area contributed by atoms with Crippen LogP contribution in [0.3, 0.4) is 0 Å². The Hall–Kier alpha value is -1.42. The molecule has 0 saturated carbocycles. The van der Waals surface area contributed by atoms with Crippen LogP contribution >= 0.6 is 0 Å². The summed E-state index contributed by atoms with van der Waals surface area (Å²) in [6, 6.07) is 6.55. The van der Waals surface area contributed by atoms with Gasteiger partial charge < -0.3 is 10.5 Å². The average molecular weight is 210 g/mol. The predicted molar refractivity (Wildman–Crippen MR) is 58.5 cm³/mol. The Morgan fingerprint density at radius 2 is 2.20 bits per heavy atom. The molecule has 0 bridgehead atoms. The summed E-state index contributed by atoms with van der Waals surface area (Å²) >= 11 is 0. The smallest absolute Gasteiger partial charge is 0.126 e. The largest absolute Gasteiger partial charge is 0.387 e. The highest BCUT2D eigenvalue weighted by atomic mass is 19.1. The third kappa shape index (κ3) is 4.08. The molecule has 0 fully saturated rings. The van der Waals surface area contributed by atoms with E-state index in [4.69, 9.17) is 10.5 Å². The second-order valence-corrected chi connectivity index (χ2v) is 3.13. The highest BCUT2D eigenvalue weighted by Crippen LogP contribution is 2.06. The average Bonchev–Trinajstić information content (AvgIpc) is 2.22. The number of nitrogens with two attached hydrogens (primary N) is 1. The Balaban J connectivity index is 2.54. The lowest BCUT2D eigenvalue weighted by molar-refractivity contribution is 0.208. The van der Waals surface area contributed by atoms with Crippen molar-refractivity contribution in [3.05, 3.63) is 35.6 Å². The topological polar surface area (TPSA) is 47.6 Å². The lowest BCUT2D eigenvalue weighted by atomic mass is 10.1. The Morgan fingerprint density at radius 3 is 2.87 bits per heavy atom. The number of halogens is 1. The van der Waals surface area contributed by atoms with Gasteiger partial charge in [-0.05, 0) is 11.6 Å². The van der Waals surface area contributed by atoms with Gasteiger partial charge in [0.15, 0.2) is 0 Å². The molecule has 4 heteroatoms. The van der Waals surface area contributed by atoms with Crippen LogP contribution in [-0.2, 0) is 11.2 Å². The molecule has 0 atom stereocenters. The van der Waals surface area contributed by atoms with Gasteiger partial charge in [-0.2, -0.15) is 0 Å². The van der Waals surface area contributed by atoms with E-state index in [0.29, 0.717) is 31.0 Å². The number of hydrogen-bond donors (Lipinski definition) is 1. The summed E-state index contributed by atoms with van der Waals surface area (Å²) in [5, 5.41) is 0. The number of rotatable bonds is 5. The molecule has 0 radical (unpaired) electrons. The SMILES string of the molecule is COCCN=C(N)Cc1ccccc1F. The zero-order valence-corrected chi connectivity index (χ0v) is 8.74. The fourth-order valence-electron chi connectivity index (χ4n) is 1.17. The maximum Gasteiger partial charge on any atom is 0.126 e. The van der Waals surface area contributed by atoms with Gasteiger partial charge in [0.2, 0.25) is 0 Å². The second kappa shape index (κ2) is 6.14. The minimum atomic E-state index is -0.248. The van der Waals surface area contributed by atoms with Crippen molar-refractivity contribution in [3.8, 4) is 0 Å². The van der Waals surface area contributed by atoms with Gasteiger partial charge in [-0.1, -0.05) is 18.2 Å². The van der Waals surface area contributed by atoms with Crippen LogP contribution in [0.2, 0.25) is 0 Å². The number of methoxy groups -OCH3 is 1. The number of nitrogens with zero attached hydrogens (tertiary/aromatic N) is 1. The van der Waals surface area contributed by atoms with Crippen LogP contribution in [0.5, 0.6) is 0 Å². The zero-order chi connectivity index (χ0) is 11.1.